The number of rotatable bonds is 2. The fourth-order valence-electron chi connectivity index (χ4n) is 3.36. The van der Waals surface area contributed by atoms with Crippen molar-refractivity contribution >= 4 is 27.5 Å². The molecule has 3 aromatic rings. The van der Waals surface area contributed by atoms with Crippen molar-refractivity contribution < 1.29 is 9.32 Å². The summed E-state index contributed by atoms with van der Waals surface area (Å²) in [6.07, 6.45) is 3.07. The highest BCUT2D eigenvalue weighted by Crippen LogP contribution is 2.31. The third-order valence-corrected chi connectivity index (χ3v) is 6.07. The van der Waals surface area contributed by atoms with Gasteiger partial charge in [-0.3, -0.25) is 9.59 Å². The van der Waals surface area contributed by atoms with Gasteiger partial charge in [-0.2, -0.15) is 4.98 Å². The highest BCUT2D eigenvalue weighted by Gasteiger charge is 2.30. The number of carbonyl (C=O) groups excluding carboxylic acids is 1. The summed E-state index contributed by atoms with van der Waals surface area (Å²) >= 11 is 1.29. The average Bonchev–Trinajstić information content (AvgIpc) is 3.22. The quantitative estimate of drug-likeness (QED) is 0.682. The minimum atomic E-state index is -0.117. The van der Waals surface area contributed by atoms with Crippen molar-refractivity contribution in [2.75, 3.05) is 13.1 Å². The Hall–Kier alpha value is -2.55. The first kappa shape index (κ1) is 16.9. The molecule has 0 unspecified atom stereocenters. The first-order valence-corrected chi connectivity index (χ1v) is 9.31. The topological polar surface area (TPSA) is 94.1 Å². The number of hydrogen-bond donors (Lipinski definition) is 0. The molecule has 0 N–H and O–H groups in total. The van der Waals surface area contributed by atoms with E-state index in [9.17, 15) is 9.59 Å². The van der Waals surface area contributed by atoms with E-state index < -0.39 is 0 Å². The Bertz CT molecular complexity index is 1040. The number of fused-ring (bicyclic) bond motifs is 1. The molecule has 1 fully saturated rings. The lowest BCUT2D eigenvalue weighted by molar-refractivity contribution is 0.0709. The van der Waals surface area contributed by atoms with Crippen LogP contribution in [0.2, 0.25) is 0 Å². The lowest BCUT2D eigenvalue weighted by Crippen LogP contribution is -2.37. The summed E-state index contributed by atoms with van der Waals surface area (Å²) in [6, 6.07) is 0. The molecule has 1 aliphatic heterocycles. The van der Waals surface area contributed by atoms with Gasteiger partial charge in [-0.1, -0.05) is 5.16 Å². The fraction of sp³-hybridized carbons (Fsp3) is 0.471. The summed E-state index contributed by atoms with van der Waals surface area (Å²) in [6.45, 7) is 4.88. The van der Waals surface area contributed by atoms with Crippen molar-refractivity contribution in [3.05, 3.63) is 38.8 Å². The van der Waals surface area contributed by atoms with Crippen LogP contribution in [-0.4, -0.2) is 43.6 Å². The van der Waals surface area contributed by atoms with Crippen molar-refractivity contribution in [3.8, 4) is 0 Å². The fourth-order valence-corrected chi connectivity index (χ4v) is 4.47. The zero-order valence-electron chi connectivity index (χ0n) is 14.9. The molecule has 0 bridgehead atoms. The van der Waals surface area contributed by atoms with Crippen molar-refractivity contribution in [2.45, 2.75) is 32.6 Å². The van der Waals surface area contributed by atoms with E-state index >= 15 is 0 Å². The Morgan fingerprint density at radius 1 is 1.31 bits per heavy atom. The van der Waals surface area contributed by atoms with Crippen molar-refractivity contribution in [1.82, 2.24) is 24.6 Å². The van der Waals surface area contributed by atoms with Crippen LogP contribution >= 0.6 is 11.3 Å². The van der Waals surface area contributed by atoms with E-state index in [0.717, 1.165) is 18.4 Å². The van der Waals surface area contributed by atoms with Crippen LogP contribution in [0.4, 0.5) is 0 Å². The summed E-state index contributed by atoms with van der Waals surface area (Å²) in [5.74, 6) is 1.44. The Balaban J connectivity index is 1.56. The monoisotopic (exact) mass is 373 g/mol. The maximum absolute atomic E-state index is 13.0. The molecule has 0 atom stereocenters. The molecule has 0 radical (unpaired) electrons. The molecule has 0 spiro atoms. The van der Waals surface area contributed by atoms with Gasteiger partial charge in [0.25, 0.3) is 11.5 Å². The summed E-state index contributed by atoms with van der Waals surface area (Å²) in [4.78, 5) is 37.0. The normalized spacial score (nSPS) is 15.7. The smallest absolute Gasteiger partial charge is 0.264 e. The zero-order valence-corrected chi connectivity index (χ0v) is 15.7. The van der Waals surface area contributed by atoms with Gasteiger partial charge in [0.15, 0.2) is 5.82 Å². The van der Waals surface area contributed by atoms with E-state index in [1.165, 1.54) is 22.2 Å². The number of likely N-dealkylation sites (tertiary alicyclic amines) is 1. The third kappa shape index (κ3) is 2.72. The second-order valence-electron chi connectivity index (χ2n) is 6.64. The molecular weight excluding hydrogens is 354 g/mol. The summed E-state index contributed by atoms with van der Waals surface area (Å²) in [7, 11) is 1.66. The van der Waals surface area contributed by atoms with Crippen molar-refractivity contribution in [1.29, 1.82) is 0 Å². The molecule has 1 saturated heterocycles. The SMILES string of the molecule is Cc1noc(C2CCN(C(=O)c3sc4ncn(C)c(=O)c4c3C)CC2)n1. The van der Waals surface area contributed by atoms with Crippen LogP contribution in [0, 0.1) is 13.8 Å². The van der Waals surface area contributed by atoms with Crippen LogP contribution < -0.4 is 5.56 Å². The highest BCUT2D eigenvalue weighted by atomic mass is 32.1. The summed E-state index contributed by atoms with van der Waals surface area (Å²) in [5, 5.41) is 4.38. The van der Waals surface area contributed by atoms with Crippen molar-refractivity contribution in [2.24, 2.45) is 7.05 Å². The molecule has 8 nitrogen and oxygen atoms in total. The predicted octanol–water partition coefficient (Wildman–Crippen LogP) is 2.01. The van der Waals surface area contributed by atoms with E-state index in [4.69, 9.17) is 4.52 Å². The largest absolute Gasteiger partial charge is 0.339 e. The molecule has 4 rings (SSSR count). The Morgan fingerprint density at radius 3 is 2.69 bits per heavy atom. The van der Waals surface area contributed by atoms with Gasteiger partial charge in [0, 0.05) is 26.1 Å². The third-order valence-electron chi connectivity index (χ3n) is 4.88. The molecule has 3 aromatic heterocycles. The van der Waals surface area contributed by atoms with E-state index in [0.29, 0.717) is 39.9 Å². The number of aryl methyl sites for hydroxylation is 3. The van der Waals surface area contributed by atoms with Gasteiger partial charge in [-0.05, 0) is 32.3 Å². The van der Waals surface area contributed by atoms with Gasteiger partial charge in [0.05, 0.1) is 16.6 Å². The van der Waals surface area contributed by atoms with Gasteiger partial charge in [-0.15, -0.1) is 11.3 Å². The minimum Gasteiger partial charge on any atom is -0.339 e. The van der Waals surface area contributed by atoms with Gasteiger partial charge >= 0.3 is 0 Å². The number of nitrogens with zero attached hydrogens (tertiary/aromatic N) is 5. The lowest BCUT2D eigenvalue weighted by Gasteiger charge is -2.30. The molecule has 1 amide bonds. The summed E-state index contributed by atoms with van der Waals surface area (Å²) < 4.78 is 6.70. The van der Waals surface area contributed by atoms with Crippen LogP contribution in [0.25, 0.3) is 10.2 Å². The molecular formula is C17H19N5O3S. The maximum atomic E-state index is 13.0. The maximum Gasteiger partial charge on any atom is 0.264 e. The molecule has 26 heavy (non-hydrogen) atoms. The summed E-state index contributed by atoms with van der Waals surface area (Å²) in [5.41, 5.74) is 0.603. The van der Waals surface area contributed by atoms with Crippen LogP contribution in [0.15, 0.2) is 15.6 Å². The minimum absolute atomic E-state index is 0.0345. The van der Waals surface area contributed by atoms with E-state index in [-0.39, 0.29) is 17.4 Å². The highest BCUT2D eigenvalue weighted by molar-refractivity contribution is 7.20. The predicted molar refractivity (Wildman–Crippen MR) is 96.5 cm³/mol. The standard InChI is InChI=1S/C17H19N5O3S/c1-9-12-15(18-8-21(3)16(12)23)26-13(9)17(24)22-6-4-11(5-7-22)14-19-10(2)20-25-14/h8,11H,4-7H2,1-3H3. The second kappa shape index (κ2) is 6.31. The van der Waals surface area contributed by atoms with Gasteiger partial charge < -0.3 is 14.0 Å². The molecule has 4 heterocycles. The van der Waals surface area contributed by atoms with E-state index in [1.54, 1.807) is 14.0 Å². The van der Waals surface area contributed by atoms with Crippen LogP contribution in [0.3, 0.4) is 0 Å². The zero-order chi connectivity index (χ0) is 18.4. The average molecular weight is 373 g/mol. The molecule has 9 heteroatoms. The molecule has 1 aliphatic rings. The number of aromatic nitrogens is 4. The van der Waals surface area contributed by atoms with Crippen molar-refractivity contribution in [3.63, 3.8) is 0 Å². The number of amides is 1. The van der Waals surface area contributed by atoms with Crippen LogP contribution in [0.1, 0.15) is 45.7 Å². The van der Waals surface area contributed by atoms with Gasteiger partial charge in [0.2, 0.25) is 5.89 Å². The lowest BCUT2D eigenvalue weighted by atomic mass is 9.96. The number of carbonyl (C=O) groups is 1. The first-order chi connectivity index (χ1) is 12.5. The Labute approximate surface area is 153 Å². The number of piperidine rings is 1. The molecule has 136 valence electrons. The number of thiophene rings is 1. The first-order valence-electron chi connectivity index (χ1n) is 8.50. The Kier molecular flexibility index (Phi) is 4.10. The second-order valence-corrected chi connectivity index (χ2v) is 7.64. The van der Waals surface area contributed by atoms with Gasteiger partial charge in [-0.25, -0.2) is 4.98 Å². The van der Waals surface area contributed by atoms with E-state index in [2.05, 4.69) is 15.1 Å². The molecule has 0 saturated carbocycles. The van der Waals surface area contributed by atoms with Crippen LogP contribution in [0.5, 0.6) is 0 Å². The van der Waals surface area contributed by atoms with E-state index in [1.807, 2.05) is 11.8 Å². The molecule has 0 aromatic carbocycles. The Morgan fingerprint density at radius 2 is 2.04 bits per heavy atom. The molecule has 0 aliphatic carbocycles. The van der Waals surface area contributed by atoms with Gasteiger partial charge in [0.1, 0.15) is 4.83 Å². The number of hydrogen-bond acceptors (Lipinski definition) is 7. The van der Waals surface area contributed by atoms with Crippen LogP contribution in [-0.2, 0) is 7.05 Å².